The third kappa shape index (κ3) is 4.29. The smallest absolute Gasteiger partial charge is 0.135 e. The summed E-state index contributed by atoms with van der Waals surface area (Å²) < 4.78 is 7.13. The molecule has 2 unspecified atom stereocenters. The molecule has 276 valence electrons. The van der Waals surface area contributed by atoms with Crippen molar-refractivity contribution in [2.24, 2.45) is 5.92 Å². The molecule has 0 amide bonds. The number of hydrogen-bond donors (Lipinski definition) is 0. The molecule has 59 heavy (non-hydrogen) atoms. The van der Waals surface area contributed by atoms with Crippen LogP contribution in [-0.4, -0.2) is 0 Å². The maximum absolute atomic E-state index is 7.13. The Balaban J connectivity index is 1.06. The van der Waals surface area contributed by atoms with Gasteiger partial charge in [-0.1, -0.05) is 182 Å². The lowest BCUT2D eigenvalue weighted by atomic mass is 9.62. The predicted molar refractivity (Wildman–Crippen MR) is 241 cm³/mol. The molecule has 1 heterocycles. The van der Waals surface area contributed by atoms with Gasteiger partial charge in [0.2, 0.25) is 0 Å². The van der Waals surface area contributed by atoms with Gasteiger partial charge in [0.1, 0.15) is 11.5 Å². The van der Waals surface area contributed by atoms with E-state index in [-0.39, 0.29) is 0 Å². The van der Waals surface area contributed by atoms with Crippen molar-refractivity contribution in [1.82, 2.24) is 0 Å². The minimum absolute atomic E-state index is 0.312. The third-order valence-electron chi connectivity index (χ3n) is 13.9. The van der Waals surface area contributed by atoms with Gasteiger partial charge in [-0.05, 0) is 114 Å². The van der Waals surface area contributed by atoms with Crippen molar-refractivity contribution in [1.29, 1.82) is 0 Å². The number of benzene rings is 8. The van der Waals surface area contributed by atoms with Crippen LogP contribution in [0, 0.1) is 5.92 Å². The molecule has 13 rings (SSSR count). The van der Waals surface area contributed by atoms with Crippen molar-refractivity contribution in [2.75, 3.05) is 0 Å². The third-order valence-corrected chi connectivity index (χ3v) is 13.9. The molecule has 2 atom stereocenters. The fraction of sp³-hybridized carbons (Fsp3) is 0.0690. The van der Waals surface area contributed by atoms with Gasteiger partial charge in [-0.25, -0.2) is 0 Å². The van der Waals surface area contributed by atoms with E-state index in [1.165, 1.54) is 94.2 Å². The van der Waals surface area contributed by atoms with Gasteiger partial charge in [-0.2, -0.15) is 0 Å². The average molecular weight is 751 g/mol. The number of allylic oxidation sites excluding steroid dienone is 7. The van der Waals surface area contributed by atoms with E-state index in [0.717, 1.165) is 17.9 Å². The van der Waals surface area contributed by atoms with Gasteiger partial charge >= 0.3 is 0 Å². The first kappa shape index (κ1) is 32.8. The molecule has 0 saturated heterocycles. The maximum atomic E-state index is 7.13. The lowest BCUT2D eigenvalue weighted by Crippen LogP contribution is -2.37. The van der Waals surface area contributed by atoms with Gasteiger partial charge in [0.15, 0.2) is 0 Å². The normalized spacial score (nSPS) is 19.5. The van der Waals surface area contributed by atoms with E-state index in [2.05, 4.69) is 212 Å². The Morgan fingerprint density at radius 1 is 0.441 bits per heavy atom. The molecular formula is C58H38O. The van der Waals surface area contributed by atoms with Crippen LogP contribution in [-0.2, 0) is 10.8 Å². The fourth-order valence-electron chi connectivity index (χ4n) is 11.5. The number of rotatable bonds is 3. The van der Waals surface area contributed by atoms with Gasteiger partial charge in [0.05, 0.1) is 10.8 Å². The van der Waals surface area contributed by atoms with Gasteiger partial charge in [0.25, 0.3) is 0 Å². The van der Waals surface area contributed by atoms with E-state index in [0.29, 0.717) is 5.92 Å². The van der Waals surface area contributed by atoms with E-state index < -0.39 is 10.8 Å². The van der Waals surface area contributed by atoms with E-state index in [4.69, 9.17) is 4.74 Å². The summed E-state index contributed by atoms with van der Waals surface area (Å²) in [5.74, 6) is 2.24. The minimum atomic E-state index is -0.521. The molecule has 0 aromatic heterocycles. The molecule has 1 aliphatic heterocycles. The standard InChI is InChI=1S/C58H38O/c1-2-19-42(20-3-1)57(49-26-11-10-25-47(49)48-34-39-16-4-5-17-40(39)35-53(48)57)43-21-14-18-38(33-43)41-30-32-55-54(36-41)58(52-31-29-37-15-6-7-22-44(37)56(52)59-55)50-27-12-8-23-45(50)46-24-9-13-28-51(46)58/h1-28,30-37H,29H2. The molecule has 0 N–H and O–H groups in total. The summed E-state index contributed by atoms with van der Waals surface area (Å²) in [6, 6.07) is 68.2. The second-order valence-electron chi connectivity index (χ2n) is 16.6. The van der Waals surface area contributed by atoms with Crippen molar-refractivity contribution in [2.45, 2.75) is 17.3 Å². The predicted octanol–water partition coefficient (Wildman–Crippen LogP) is 13.9. The van der Waals surface area contributed by atoms with E-state index in [1.54, 1.807) is 0 Å². The molecule has 0 saturated carbocycles. The molecule has 1 heteroatoms. The van der Waals surface area contributed by atoms with Crippen LogP contribution >= 0.6 is 0 Å². The molecule has 8 aromatic carbocycles. The van der Waals surface area contributed by atoms with E-state index in [1.807, 2.05) is 0 Å². The Labute approximate surface area is 344 Å². The van der Waals surface area contributed by atoms with Crippen molar-refractivity contribution in [3.63, 3.8) is 0 Å². The zero-order valence-corrected chi connectivity index (χ0v) is 32.4. The summed E-state index contributed by atoms with van der Waals surface area (Å²) in [4.78, 5) is 0. The van der Waals surface area contributed by atoms with Crippen molar-refractivity contribution in [3.05, 3.63) is 268 Å². The fourth-order valence-corrected chi connectivity index (χ4v) is 11.5. The lowest BCUT2D eigenvalue weighted by molar-refractivity contribution is 0.374. The summed E-state index contributed by atoms with van der Waals surface area (Å²) >= 11 is 0. The van der Waals surface area contributed by atoms with Crippen LogP contribution < -0.4 is 4.74 Å². The molecule has 1 nitrogen and oxygen atoms in total. The second-order valence-corrected chi connectivity index (χ2v) is 16.6. The van der Waals surface area contributed by atoms with Crippen LogP contribution in [0.2, 0.25) is 0 Å². The number of fused-ring (bicyclic) bond motifs is 14. The Kier molecular flexibility index (Phi) is 6.76. The van der Waals surface area contributed by atoms with Crippen molar-refractivity contribution >= 4 is 10.8 Å². The SMILES string of the molecule is C1=CC2=C3Oc4ccc(-c5cccc(C6(c7ccccc7)c7ccccc7-c7cc8ccccc8cc76)c5)cc4C4(C3=CCC2C=C1)c1ccccc1-c1ccccc14. The zero-order chi connectivity index (χ0) is 38.7. The molecule has 5 aliphatic rings. The van der Waals surface area contributed by atoms with Crippen LogP contribution in [0.15, 0.2) is 229 Å². The highest BCUT2D eigenvalue weighted by atomic mass is 16.5. The highest BCUT2D eigenvalue weighted by Crippen LogP contribution is 2.64. The second kappa shape index (κ2) is 12.1. The van der Waals surface area contributed by atoms with Crippen LogP contribution in [0.3, 0.4) is 0 Å². The summed E-state index contributed by atoms with van der Waals surface area (Å²) in [6.07, 6.45) is 12.3. The summed E-state index contributed by atoms with van der Waals surface area (Å²) in [7, 11) is 0. The lowest BCUT2D eigenvalue weighted by Gasteiger charge is -2.44. The molecular weight excluding hydrogens is 713 g/mol. The summed E-state index contributed by atoms with van der Waals surface area (Å²) in [6.45, 7) is 0. The van der Waals surface area contributed by atoms with Crippen LogP contribution in [0.25, 0.3) is 44.2 Å². The van der Waals surface area contributed by atoms with Gasteiger partial charge in [-0.15, -0.1) is 0 Å². The zero-order valence-electron chi connectivity index (χ0n) is 32.4. The average Bonchev–Trinajstić information content (AvgIpc) is 3.76. The van der Waals surface area contributed by atoms with Gasteiger partial charge in [-0.3, -0.25) is 0 Å². The Morgan fingerprint density at radius 2 is 1.07 bits per heavy atom. The van der Waals surface area contributed by atoms with Gasteiger partial charge in [0, 0.05) is 22.6 Å². The monoisotopic (exact) mass is 750 g/mol. The largest absolute Gasteiger partial charge is 0.456 e. The van der Waals surface area contributed by atoms with Crippen molar-refractivity contribution in [3.8, 4) is 39.1 Å². The number of ether oxygens (including phenoxy) is 1. The Bertz CT molecular complexity index is 3180. The highest BCUT2D eigenvalue weighted by Gasteiger charge is 2.54. The van der Waals surface area contributed by atoms with Crippen molar-refractivity contribution < 1.29 is 4.74 Å². The van der Waals surface area contributed by atoms with Gasteiger partial charge < -0.3 is 4.74 Å². The minimum Gasteiger partial charge on any atom is -0.456 e. The molecule has 1 spiro atoms. The first-order chi connectivity index (χ1) is 29.2. The van der Waals surface area contributed by atoms with Crippen LogP contribution in [0.1, 0.15) is 45.4 Å². The quantitative estimate of drug-likeness (QED) is 0.175. The molecule has 8 aromatic rings. The molecule has 0 bridgehead atoms. The van der Waals surface area contributed by atoms with E-state index >= 15 is 0 Å². The first-order valence-electron chi connectivity index (χ1n) is 20.9. The highest BCUT2D eigenvalue weighted by molar-refractivity contribution is 5.96. The molecule has 0 radical (unpaired) electrons. The van der Waals surface area contributed by atoms with Crippen LogP contribution in [0.5, 0.6) is 5.75 Å². The Morgan fingerprint density at radius 3 is 1.83 bits per heavy atom. The molecule has 0 fully saturated rings. The molecule has 4 aliphatic carbocycles. The van der Waals surface area contributed by atoms with E-state index in [9.17, 15) is 0 Å². The summed E-state index contributed by atoms with van der Waals surface area (Å²) in [5.41, 5.74) is 18.1. The number of hydrogen-bond acceptors (Lipinski definition) is 1. The first-order valence-corrected chi connectivity index (χ1v) is 20.9. The maximum Gasteiger partial charge on any atom is 0.135 e. The van der Waals surface area contributed by atoms with Crippen LogP contribution in [0.4, 0.5) is 0 Å². The summed E-state index contributed by atoms with van der Waals surface area (Å²) in [5, 5.41) is 2.52. The topological polar surface area (TPSA) is 9.23 Å². The Hall–Kier alpha value is -7.22.